The summed E-state index contributed by atoms with van der Waals surface area (Å²) >= 11 is 1.28. The summed E-state index contributed by atoms with van der Waals surface area (Å²) in [7, 11) is 0. The van der Waals surface area contributed by atoms with E-state index in [0.717, 1.165) is 23.2 Å². The Balaban J connectivity index is 1.67. The molecule has 1 aliphatic rings. The molecule has 7 nitrogen and oxygen atoms in total. The first-order valence-electron chi connectivity index (χ1n) is 7.24. The highest BCUT2D eigenvalue weighted by atomic mass is 32.1. The maximum absolute atomic E-state index is 12.1. The number of nitrogens with one attached hydrogen (secondary N) is 2. The number of morpholine rings is 1. The van der Waals surface area contributed by atoms with Crippen LogP contribution >= 0.6 is 11.3 Å². The number of hydrogen-bond donors (Lipinski definition) is 3. The van der Waals surface area contributed by atoms with Crippen LogP contribution in [0, 0.1) is 0 Å². The zero-order chi connectivity index (χ0) is 16.2. The molecule has 0 radical (unpaired) electrons. The van der Waals surface area contributed by atoms with Gasteiger partial charge in [-0.1, -0.05) is 0 Å². The molecule has 1 aromatic carbocycles. The smallest absolute Gasteiger partial charge is 0.284 e. The molecular formula is C15H17N3O4S. The lowest BCUT2D eigenvalue weighted by Gasteiger charge is -2.25. The van der Waals surface area contributed by atoms with Gasteiger partial charge in [0.15, 0.2) is 0 Å². The van der Waals surface area contributed by atoms with Crippen LogP contribution in [0.15, 0.2) is 24.3 Å². The summed E-state index contributed by atoms with van der Waals surface area (Å²) in [5.41, 5.74) is 2.31. The van der Waals surface area contributed by atoms with Gasteiger partial charge in [-0.15, -0.1) is 11.3 Å². The molecule has 1 aliphatic heterocycles. The molecule has 2 amide bonds. The molecule has 8 heteroatoms. The summed E-state index contributed by atoms with van der Waals surface area (Å²) in [5, 5.41) is 12.4. The van der Waals surface area contributed by atoms with E-state index in [2.05, 4.69) is 5.32 Å². The van der Waals surface area contributed by atoms with Crippen molar-refractivity contribution in [2.24, 2.45) is 0 Å². The summed E-state index contributed by atoms with van der Waals surface area (Å²) in [6.45, 7) is 3.17. The van der Waals surface area contributed by atoms with Crippen molar-refractivity contribution in [3.8, 4) is 0 Å². The third-order valence-electron chi connectivity index (χ3n) is 3.60. The first-order valence-corrected chi connectivity index (χ1v) is 8.05. The van der Waals surface area contributed by atoms with Crippen molar-refractivity contribution in [3.05, 3.63) is 29.1 Å². The quantitative estimate of drug-likeness (QED) is 0.579. The van der Waals surface area contributed by atoms with Crippen LogP contribution in [0.2, 0.25) is 0 Å². The lowest BCUT2D eigenvalue weighted by atomic mass is 10.2. The van der Waals surface area contributed by atoms with E-state index < -0.39 is 5.91 Å². The average molecular weight is 335 g/mol. The van der Waals surface area contributed by atoms with Crippen molar-refractivity contribution in [1.29, 1.82) is 0 Å². The number of rotatable bonds is 4. The van der Waals surface area contributed by atoms with Crippen molar-refractivity contribution < 1.29 is 19.5 Å². The summed E-state index contributed by atoms with van der Waals surface area (Å²) in [6.07, 6.45) is 0. The van der Waals surface area contributed by atoms with E-state index in [9.17, 15) is 9.59 Å². The molecular weight excluding hydrogens is 318 g/mol. The van der Waals surface area contributed by atoms with Crippen LogP contribution in [-0.2, 0) is 9.53 Å². The standard InChI is InChI=1S/C15H17N3O4S/c19-14(9-18-3-5-22-6-4-18)16-11-1-2-12-10(7-11)8-13(23-12)15(20)17-21/h1-2,7-8,21H,3-6,9H2,(H,16,19)(H,17,20). The lowest BCUT2D eigenvalue weighted by Crippen LogP contribution is -2.41. The second-order valence-electron chi connectivity index (χ2n) is 5.24. The van der Waals surface area contributed by atoms with Crippen molar-refractivity contribution >= 4 is 38.9 Å². The molecule has 0 saturated carbocycles. The number of hydrogen-bond acceptors (Lipinski definition) is 6. The third kappa shape index (κ3) is 3.85. The minimum atomic E-state index is -0.538. The molecule has 0 atom stereocenters. The zero-order valence-corrected chi connectivity index (χ0v) is 13.2. The molecule has 0 spiro atoms. The van der Waals surface area contributed by atoms with Gasteiger partial charge in [0.25, 0.3) is 5.91 Å². The maximum atomic E-state index is 12.1. The van der Waals surface area contributed by atoms with E-state index in [1.807, 2.05) is 17.0 Å². The molecule has 122 valence electrons. The summed E-state index contributed by atoms with van der Waals surface area (Å²) in [6, 6.07) is 7.15. The Bertz CT molecular complexity index is 725. The normalized spacial score (nSPS) is 15.5. The van der Waals surface area contributed by atoms with Gasteiger partial charge < -0.3 is 10.1 Å². The van der Waals surface area contributed by atoms with E-state index in [0.29, 0.717) is 30.3 Å². The van der Waals surface area contributed by atoms with Gasteiger partial charge in [-0.05, 0) is 29.7 Å². The first kappa shape index (κ1) is 15.9. The second kappa shape index (κ2) is 7.05. The predicted molar refractivity (Wildman–Crippen MR) is 87.0 cm³/mol. The van der Waals surface area contributed by atoms with Crippen molar-refractivity contribution in [2.75, 3.05) is 38.2 Å². The first-order chi connectivity index (χ1) is 11.2. The number of fused-ring (bicyclic) bond motifs is 1. The lowest BCUT2D eigenvalue weighted by molar-refractivity contribution is -0.118. The van der Waals surface area contributed by atoms with Gasteiger partial charge in [-0.2, -0.15) is 0 Å². The zero-order valence-electron chi connectivity index (χ0n) is 12.4. The topological polar surface area (TPSA) is 90.9 Å². The van der Waals surface area contributed by atoms with E-state index in [4.69, 9.17) is 9.94 Å². The number of carbonyl (C=O) groups is 2. The Morgan fingerprint density at radius 2 is 2.04 bits per heavy atom. The van der Waals surface area contributed by atoms with Crippen LogP contribution in [0.5, 0.6) is 0 Å². The molecule has 0 unspecified atom stereocenters. The number of ether oxygens (including phenoxy) is 1. The molecule has 2 heterocycles. The SMILES string of the molecule is O=C(CN1CCOCC1)Nc1ccc2sc(C(=O)NO)cc2c1. The molecule has 1 aromatic heterocycles. The highest BCUT2D eigenvalue weighted by Gasteiger charge is 2.15. The van der Waals surface area contributed by atoms with Crippen LogP contribution in [0.3, 0.4) is 0 Å². The van der Waals surface area contributed by atoms with Crippen molar-refractivity contribution in [2.45, 2.75) is 0 Å². The summed E-state index contributed by atoms with van der Waals surface area (Å²) < 4.78 is 6.17. The van der Waals surface area contributed by atoms with Crippen LogP contribution in [0.25, 0.3) is 10.1 Å². The highest BCUT2D eigenvalue weighted by Crippen LogP contribution is 2.28. The van der Waals surface area contributed by atoms with Crippen LogP contribution in [0.4, 0.5) is 5.69 Å². The minimum absolute atomic E-state index is 0.0743. The molecule has 0 bridgehead atoms. The maximum Gasteiger partial charge on any atom is 0.284 e. The van der Waals surface area contributed by atoms with Crippen LogP contribution in [-0.4, -0.2) is 54.8 Å². The van der Waals surface area contributed by atoms with Crippen LogP contribution < -0.4 is 10.8 Å². The van der Waals surface area contributed by atoms with Gasteiger partial charge in [-0.25, -0.2) is 5.48 Å². The minimum Gasteiger partial charge on any atom is -0.379 e. The number of anilines is 1. The second-order valence-corrected chi connectivity index (χ2v) is 6.32. The van der Waals surface area contributed by atoms with Crippen molar-refractivity contribution in [1.82, 2.24) is 10.4 Å². The van der Waals surface area contributed by atoms with Crippen molar-refractivity contribution in [3.63, 3.8) is 0 Å². The molecule has 2 aromatic rings. The number of thiophene rings is 1. The van der Waals surface area contributed by atoms with E-state index in [1.54, 1.807) is 17.6 Å². The Morgan fingerprint density at radius 3 is 2.78 bits per heavy atom. The Morgan fingerprint density at radius 1 is 1.26 bits per heavy atom. The Kier molecular flexibility index (Phi) is 4.87. The van der Waals surface area contributed by atoms with E-state index in [-0.39, 0.29) is 5.91 Å². The summed E-state index contributed by atoms with van der Waals surface area (Å²) in [4.78, 5) is 26.0. The fraction of sp³-hybridized carbons (Fsp3) is 0.333. The average Bonchev–Trinajstić information content (AvgIpc) is 2.98. The Labute approximate surface area is 136 Å². The van der Waals surface area contributed by atoms with Gasteiger partial charge >= 0.3 is 0 Å². The molecule has 3 N–H and O–H groups in total. The fourth-order valence-electron chi connectivity index (χ4n) is 2.45. The largest absolute Gasteiger partial charge is 0.379 e. The monoisotopic (exact) mass is 335 g/mol. The molecule has 23 heavy (non-hydrogen) atoms. The predicted octanol–water partition coefficient (Wildman–Crippen LogP) is 1.29. The van der Waals surface area contributed by atoms with Gasteiger partial charge in [0.1, 0.15) is 0 Å². The number of nitrogens with zero attached hydrogens (tertiary/aromatic N) is 1. The van der Waals surface area contributed by atoms with E-state index in [1.165, 1.54) is 11.3 Å². The highest BCUT2D eigenvalue weighted by molar-refractivity contribution is 7.20. The van der Waals surface area contributed by atoms with E-state index >= 15 is 0 Å². The molecule has 0 aliphatic carbocycles. The number of carbonyl (C=O) groups excluding carboxylic acids is 2. The fourth-order valence-corrected chi connectivity index (χ4v) is 3.38. The van der Waals surface area contributed by atoms with Gasteiger partial charge in [0.05, 0.1) is 24.6 Å². The third-order valence-corrected chi connectivity index (χ3v) is 4.71. The molecule has 3 rings (SSSR count). The van der Waals surface area contributed by atoms with Crippen LogP contribution in [0.1, 0.15) is 9.67 Å². The Hall–Kier alpha value is -2.00. The van der Waals surface area contributed by atoms with Gasteiger partial charge in [-0.3, -0.25) is 19.7 Å². The summed E-state index contributed by atoms with van der Waals surface area (Å²) in [5.74, 6) is -0.612. The number of benzene rings is 1. The number of amides is 2. The van der Waals surface area contributed by atoms with Gasteiger partial charge in [0.2, 0.25) is 5.91 Å². The molecule has 1 fully saturated rings. The molecule has 1 saturated heterocycles. The van der Waals surface area contributed by atoms with Gasteiger partial charge in [0, 0.05) is 23.5 Å². The number of hydroxylamine groups is 1.